The van der Waals surface area contributed by atoms with E-state index < -0.39 is 0 Å². The van der Waals surface area contributed by atoms with Crippen LogP contribution in [-0.2, 0) is 13.6 Å². The van der Waals surface area contributed by atoms with Crippen molar-refractivity contribution in [1.82, 2.24) is 19.4 Å². The Morgan fingerprint density at radius 2 is 1.79 bits per heavy atom. The zero-order valence-corrected chi connectivity index (χ0v) is 16.9. The van der Waals surface area contributed by atoms with Gasteiger partial charge in [0.2, 0.25) is 0 Å². The van der Waals surface area contributed by atoms with E-state index in [1.165, 1.54) is 0 Å². The molecule has 0 aliphatic carbocycles. The van der Waals surface area contributed by atoms with Gasteiger partial charge in [0.15, 0.2) is 0 Å². The number of hydrogen-bond donors (Lipinski definition) is 1. The van der Waals surface area contributed by atoms with Crippen molar-refractivity contribution in [2.45, 2.75) is 13.5 Å². The number of amides is 1. The molecule has 150 valence electrons. The average molecular weight is 390 g/mol. The lowest BCUT2D eigenvalue weighted by molar-refractivity contribution is 0.102. The van der Waals surface area contributed by atoms with Gasteiger partial charge in [0.25, 0.3) is 5.91 Å². The summed E-state index contributed by atoms with van der Waals surface area (Å²) in [6.07, 6.45) is 5.47. The second-order valence-electron chi connectivity index (χ2n) is 7.44. The minimum absolute atomic E-state index is 0.146. The molecule has 0 saturated carbocycles. The van der Waals surface area contributed by atoms with Gasteiger partial charge in [-0.25, -0.2) is 9.97 Å². The summed E-state index contributed by atoms with van der Waals surface area (Å²) in [6, 6.07) is 11.5. The first-order valence-corrected chi connectivity index (χ1v) is 9.86. The van der Waals surface area contributed by atoms with Crippen LogP contribution in [0.25, 0.3) is 0 Å². The zero-order valence-electron chi connectivity index (χ0n) is 16.9. The van der Waals surface area contributed by atoms with E-state index in [2.05, 4.69) is 29.7 Å². The third kappa shape index (κ3) is 4.63. The highest BCUT2D eigenvalue weighted by atomic mass is 16.1. The Labute approximate surface area is 171 Å². The number of nitrogens with one attached hydrogen (secondary N) is 1. The van der Waals surface area contributed by atoms with Crippen LogP contribution in [0, 0.1) is 6.92 Å². The van der Waals surface area contributed by atoms with Crippen LogP contribution >= 0.6 is 0 Å². The van der Waals surface area contributed by atoms with Gasteiger partial charge in [0, 0.05) is 57.5 Å². The van der Waals surface area contributed by atoms with Gasteiger partial charge >= 0.3 is 0 Å². The largest absolute Gasteiger partial charge is 0.354 e. The predicted octanol–water partition coefficient (Wildman–Crippen LogP) is 2.70. The number of aryl methyl sites for hydroxylation is 2. The van der Waals surface area contributed by atoms with Crippen LogP contribution in [0.3, 0.4) is 0 Å². The van der Waals surface area contributed by atoms with E-state index in [1.54, 1.807) is 6.20 Å². The fourth-order valence-electron chi connectivity index (χ4n) is 3.43. The molecule has 0 atom stereocenters. The lowest BCUT2D eigenvalue weighted by Gasteiger charge is -2.35. The SMILES string of the molecule is Cc1ccc(NC(=O)c2ccc(N3CCN(Cc4nccn4C)CC3)nc2)cc1. The molecule has 0 unspecified atom stereocenters. The van der Waals surface area contributed by atoms with Crippen molar-refractivity contribution in [2.24, 2.45) is 7.05 Å². The fourth-order valence-corrected chi connectivity index (χ4v) is 3.43. The summed E-state index contributed by atoms with van der Waals surface area (Å²) in [7, 11) is 2.03. The van der Waals surface area contributed by atoms with Crippen molar-refractivity contribution < 1.29 is 4.79 Å². The second kappa shape index (κ2) is 8.45. The van der Waals surface area contributed by atoms with Gasteiger partial charge in [-0.15, -0.1) is 0 Å². The predicted molar refractivity (Wildman–Crippen MR) is 114 cm³/mol. The molecule has 29 heavy (non-hydrogen) atoms. The number of hydrogen-bond acceptors (Lipinski definition) is 5. The van der Waals surface area contributed by atoms with Gasteiger partial charge in [-0.05, 0) is 31.2 Å². The first-order valence-electron chi connectivity index (χ1n) is 9.86. The molecule has 2 aromatic heterocycles. The molecule has 7 heteroatoms. The van der Waals surface area contributed by atoms with Crippen LogP contribution in [0.5, 0.6) is 0 Å². The Hall–Kier alpha value is -3.19. The van der Waals surface area contributed by atoms with Gasteiger partial charge in [-0.2, -0.15) is 0 Å². The highest BCUT2D eigenvalue weighted by molar-refractivity contribution is 6.04. The van der Waals surface area contributed by atoms with E-state index >= 15 is 0 Å². The van der Waals surface area contributed by atoms with Crippen LogP contribution in [0.4, 0.5) is 11.5 Å². The molecule has 3 heterocycles. The molecule has 1 aliphatic heterocycles. The molecule has 1 saturated heterocycles. The summed E-state index contributed by atoms with van der Waals surface area (Å²) >= 11 is 0. The standard InChI is InChI=1S/C22H26N6O/c1-17-3-6-19(7-4-17)25-22(29)18-5-8-20(24-15-18)28-13-11-27(12-14-28)16-21-23-9-10-26(21)2/h3-10,15H,11-14,16H2,1-2H3,(H,25,29). The number of rotatable bonds is 5. The summed E-state index contributed by atoms with van der Waals surface area (Å²) in [4.78, 5) is 26.0. The fraction of sp³-hybridized carbons (Fsp3) is 0.318. The Morgan fingerprint density at radius 3 is 2.41 bits per heavy atom. The van der Waals surface area contributed by atoms with Crippen molar-refractivity contribution >= 4 is 17.4 Å². The van der Waals surface area contributed by atoms with Crippen LogP contribution in [0.15, 0.2) is 55.0 Å². The third-order valence-corrected chi connectivity index (χ3v) is 5.30. The van der Waals surface area contributed by atoms with Crippen LogP contribution in [0.1, 0.15) is 21.7 Å². The minimum Gasteiger partial charge on any atom is -0.354 e. The van der Waals surface area contributed by atoms with E-state index in [0.717, 1.165) is 55.6 Å². The lowest BCUT2D eigenvalue weighted by atomic mass is 10.2. The molecular weight excluding hydrogens is 364 g/mol. The number of carbonyl (C=O) groups excluding carboxylic acids is 1. The molecule has 1 amide bonds. The Bertz CT molecular complexity index is 956. The number of pyridine rings is 1. The minimum atomic E-state index is -0.146. The number of benzene rings is 1. The quantitative estimate of drug-likeness (QED) is 0.726. The zero-order chi connectivity index (χ0) is 20.2. The number of nitrogens with zero attached hydrogens (tertiary/aromatic N) is 5. The monoisotopic (exact) mass is 390 g/mol. The molecule has 1 fully saturated rings. The molecule has 1 N–H and O–H groups in total. The normalized spacial score (nSPS) is 14.8. The average Bonchev–Trinajstić information content (AvgIpc) is 3.15. The van der Waals surface area contributed by atoms with Crippen LogP contribution in [-0.4, -0.2) is 51.5 Å². The van der Waals surface area contributed by atoms with Crippen molar-refractivity contribution in [3.8, 4) is 0 Å². The van der Waals surface area contributed by atoms with Crippen LogP contribution < -0.4 is 10.2 Å². The van der Waals surface area contributed by atoms with Crippen LogP contribution in [0.2, 0.25) is 0 Å². The first-order chi connectivity index (χ1) is 14.1. The Morgan fingerprint density at radius 1 is 1.03 bits per heavy atom. The summed E-state index contributed by atoms with van der Waals surface area (Å²) in [6.45, 7) is 6.63. The Kier molecular flexibility index (Phi) is 5.57. The summed E-state index contributed by atoms with van der Waals surface area (Å²) in [5.74, 6) is 1.85. The smallest absolute Gasteiger partial charge is 0.257 e. The van der Waals surface area contributed by atoms with Crippen molar-refractivity contribution in [2.75, 3.05) is 36.4 Å². The third-order valence-electron chi connectivity index (χ3n) is 5.30. The molecule has 3 aromatic rings. The maximum absolute atomic E-state index is 12.4. The van der Waals surface area contributed by atoms with E-state index in [1.807, 2.05) is 62.8 Å². The topological polar surface area (TPSA) is 66.3 Å². The second-order valence-corrected chi connectivity index (χ2v) is 7.44. The van der Waals surface area contributed by atoms with Crippen molar-refractivity contribution in [1.29, 1.82) is 0 Å². The maximum atomic E-state index is 12.4. The van der Waals surface area contributed by atoms with Gasteiger partial charge in [0.05, 0.1) is 12.1 Å². The van der Waals surface area contributed by atoms with Gasteiger partial charge < -0.3 is 14.8 Å². The van der Waals surface area contributed by atoms with Crippen molar-refractivity contribution in [3.05, 3.63) is 71.9 Å². The summed E-state index contributed by atoms with van der Waals surface area (Å²) in [5.41, 5.74) is 2.50. The van der Waals surface area contributed by atoms with E-state index in [-0.39, 0.29) is 5.91 Å². The van der Waals surface area contributed by atoms with Gasteiger partial charge in [-0.3, -0.25) is 9.69 Å². The van der Waals surface area contributed by atoms with E-state index in [0.29, 0.717) is 5.56 Å². The molecular formula is C22H26N6O. The molecule has 0 bridgehead atoms. The highest BCUT2D eigenvalue weighted by Crippen LogP contribution is 2.16. The molecule has 0 radical (unpaired) electrons. The number of imidazole rings is 1. The van der Waals surface area contributed by atoms with Crippen molar-refractivity contribution in [3.63, 3.8) is 0 Å². The number of carbonyl (C=O) groups is 1. The molecule has 1 aliphatic rings. The maximum Gasteiger partial charge on any atom is 0.257 e. The lowest BCUT2D eigenvalue weighted by Crippen LogP contribution is -2.46. The van der Waals surface area contributed by atoms with E-state index in [4.69, 9.17) is 0 Å². The number of aromatic nitrogens is 3. The first kappa shape index (κ1) is 19.1. The molecule has 0 spiro atoms. The summed E-state index contributed by atoms with van der Waals surface area (Å²) < 4.78 is 2.06. The van der Waals surface area contributed by atoms with E-state index in [9.17, 15) is 4.79 Å². The summed E-state index contributed by atoms with van der Waals surface area (Å²) in [5, 5.41) is 2.91. The Balaban J connectivity index is 1.32. The highest BCUT2D eigenvalue weighted by Gasteiger charge is 2.19. The van der Waals surface area contributed by atoms with Gasteiger partial charge in [-0.1, -0.05) is 17.7 Å². The molecule has 7 nitrogen and oxygen atoms in total. The van der Waals surface area contributed by atoms with Gasteiger partial charge in [0.1, 0.15) is 11.6 Å². The number of anilines is 2. The molecule has 4 rings (SSSR count). The number of piperazine rings is 1. The molecule has 1 aromatic carbocycles.